The van der Waals surface area contributed by atoms with Crippen molar-refractivity contribution >= 4 is 44.1 Å². The van der Waals surface area contributed by atoms with Crippen LogP contribution in [0, 0.1) is 0 Å². The highest BCUT2D eigenvalue weighted by Crippen LogP contribution is 2.36. The summed E-state index contributed by atoms with van der Waals surface area (Å²) in [6.45, 7) is 8.00. The third-order valence-electron chi connectivity index (χ3n) is 4.24. The number of benzene rings is 4. The monoisotopic (exact) mass is 310 g/mol. The van der Waals surface area contributed by atoms with Crippen molar-refractivity contribution in [2.75, 3.05) is 0 Å². The van der Waals surface area contributed by atoms with E-state index in [4.69, 9.17) is 0 Å². The highest BCUT2D eigenvalue weighted by Gasteiger charge is 2.12. The molecule has 0 atom stereocenters. The molecule has 0 radical (unpaired) electrons. The molecule has 0 spiro atoms. The molecule has 0 heterocycles. The first-order valence-corrected chi connectivity index (χ1v) is 8.81. The molecule has 0 saturated carbocycles. The maximum Gasteiger partial charge on any atom is 0.0333 e. The van der Waals surface area contributed by atoms with E-state index in [2.05, 4.69) is 72.1 Å². The van der Waals surface area contributed by atoms with Gasteiger partial charge in [-0.15, -0.1) is 0 Å². The molecule has 24 heavy (non-hydrogen) atoms. The van der Waals surface area contributed by atoms with Crippen molar-refractivity contribution in [1.82, 2.24) is 0 Å². The van der Waals surface area contributed by atoms with E-state index in [0.717, 1.165) is 5.22 Å². The molecular formula is C24H22. The number of fused-ring (bicyclic) bond motifs is 2. The van der Waals surface area contributed by atoms with Crippen LogP contribution in [-0.4, -0.2) is 0 Å². The van der Waals surface area contributed by atoms with Gasteiger partial charge in [-0.25, -0.2) is 0 Å². The van der Waals surface area contributed by atoms with Crippen LogP contribution >= 0.6 is 0 Å². The van der Waals surface area contributed by atoms with Gasteiger partial charge in [0.2, 0.25) is 0 Å². The predicted octanol–water partition coefficient (Wildman–Crippen LogP) is 6.48. The lowest BCUT2D eigenvalue weighted by atomic mass is 9.89. The van der Waals surface area contributed by atoms with E-state index in [-0.39, 0.29) is 0 Å². The SMILES string of the molecule is C1=C=c2cccc3c2c(c2cccc4cccc3c42)C=1.CC.CC. The van der Waals surface area contributed by atoms with Crippen LogP contribution in [0.2, 0.25) is 0 Å². The smallest absolute Gasteiger partial charge is 0.0333 e. The molecule has 118 valence electrons. The van der Waals surface area contributed by atoms with Crippen LogP contribution in [0.5, 0.6) is 0 Å². The fraction of sp³-hybridized carbons (Fsp3) is 0.167. The normalized spacial score (nSPS) is 10.8. The van der Waals surface area contributed by atoms with Crippen molar-refractivity contribution in [1.29, 1.82) is 0 Å². The summed E-state index contributed by atoms with van der Waals surface area (Å²) in [7, 11) is 0. The van der Waals surface area contributed by atoms with E-state index in [9.17, 15) is 0 Å². The molecule has 4 aromatic carbocycles. The Hall–Kier alpha value is -2.78. The summed E-state index contributed by atoms with van der Waals surface area (Å²) in [5, 5.41) is 9.06. The fourth-order valence-electron chi connectivity index (χ4n) is 3.43. The molecule has 0 fully saturated rings. The summed E-state index contributed by atoms with van der Waals surface area (Å²) in [6.07, 6.45) is 2.07. The van der Waals surface area contributed by atoms with Crippen LogP contribution in [0.4, 0.5) is 0 Å². The van der Waals surface area contributed by atoms with Gasteiger partial charge in [-0.2, -0.15) is 0 Å². The first-order chi connectivity index (χ1) is 11.9. The van der Waals surface area contributed by atoms with Crippen molar-refractivity contribution < 1.29 is 0 Å². The maximum atomic E-state index is 3.24. The summed E-state index contributed by atoms with van der Waals surface area (Å²) in [4.78, 5) is 0. The van der Waals surface area contributed by atoms with E-state index in [1.165, 1.54) is 37.9 Å². The standard InChI is InChI=1S/C20H10.2C2H6/c1-5-13-6-2-11-17-18-12-4-8-14-7-3-10-16(20(14)18)15(9-1)19(13)17;2*1-2/h1-3,5-7,9-12H;2*1-2H3. The van der Waals surface area contributed by atoms with Crippen LogP contribution < -0.4 is 5.22 Å². The minimum atomic E-state index is 1.14. The van der Waals surface area contributed by atoms with Crippen molar-refractivity contribution in [3.05, 3.63) is 71.1 Å². The summed E-state index contributed by atoms with van der Waals surface area (Å²) >= 11 is 0. The molecule has 0 amide bonds. The zero-order chi connectivity index (χ0) is 17.1. The molecule has 1 aliphatic carbocycles. The molecule has 0 heteroatoms. The Morgan fingerprint density at radius 1 is 0.625 bits per heavy atom. The van der Waals surface area contributed by atoms with E-state index >= 15 is 0 Å². The molecule has 5 rings (SSSR count). The zero-order valence-corrected chi connectivity index (χ0v) is 14.8. The molecule has 0 nitrogen and oxygen atoms in total. The zero-order valence-electron chi connectivity index (χ0n) is 14.8. The van der Waals surface area contributed by atoms with Crippen LogP contribution in [-0.2, 0) is 0 Å². The lowest BCUT2D eigenvalue weighted by Gasteiger charge is -2.13. The van der Waals surface area contributed by atoms with Gasteiger partial charge in [-0.3, -0.25) is 0 Å². The Morgan fingerprint density at radius 2 is 1.21 bits per heavy atom. The molecule has 0 bridgehead atoms. The average Bonchev–Trinajstić information content (AvgIpc) is 2.69. The van der Waals surface area contributed by atoms with E-state index in [1.807, 2.05) is 27.7 Å². The lowest BCUT2D eigenvalue weighted by Crippen LogP contribution is -2.03. The summed E-state index contributed by atoms with van der Waals surface area (Å²) in [5.74, 6) is 0. The molecule has 0 aliphatic heterocycles. The van der Waals surface area contributed by atoms with Crippen molar-refractivity contribution in [3.8, 4) is 0 Å². The fourth-order valence-corrected chi connectivity index (χ4v) is 3.43. The summed E-state index contributed by atoms with van der Waals surface area (Å²) in [6, 6.07) is 19.5. The largest absolute Gasteiger partial charge is 0.0689 e. The number of hydrogen-bond donors (Lipinski definition) is 0. The van der Waals surface area contributed by atoms with Crippen LogP contribution in [0.25, 0.3) is 44.1 Å². The first kappa shape index (κ1) is 16.1. The van der Waals surface area contributed by atoms with Gasteiger partial charge in [0.1, 0.15) is 0 Å². The van der Waals surface area contributed by atoms with Gasteiger partial charge in [0.15, 0.2) is 0 Å². The van der Waals surface area contributed by atoms with Gasteiger partial charge in [-0.1, -0.05) is 87.7 Å². The Bertz CT molecular complexity index is 1140. The maximum absolute atomic E-state index is 3.24. The van der Waals surface area contributed by atoms with Crippen molar-refractivity contribution in [2.45, 2.75) is 27.7 Å². The van der Waals surface area contributed by atoms with E-state index < -0.39 is 0 Å². The van der Waals surface area contributed by atoms with Crippen LogP contribution in [0.1, 0.15) is 33.3 Å². The van der Waals surface area contributed by atoms with Crippen molar-refractivity contribution in [2.24, 2.45) is 0 Å². The second kappa shape index (κ2) is 6.77. The van der Waals surface area contributed by atoms with Gasteiger partial charge >= 0.3 is 0 Å². The highest BCUT2D eigenvalue weighted by molar-refractivity contribution is 6.25. The van der Waals surface area contributed by atoms with E-state index in [1.54, 1.807) is 0 Å². The number of rotatable bonds is 0. The molecule has 0 saturated heterocycles. The molecule has 4 aromatic rings. The molecule has 0 aromatic heterocycles. The molecule has 0 unspecified atom stereocenters. The Balaban J connectivity index is 0.000000396. The Morgan fingerprint density at radius 3 is 1.92 bits per heavy atom. The van der Waals surface area contributed by atoms with Crippen molar-refractivity contribution in [3.63, 3.8) is 0 Å². The summed E-state index contributed by atoms with van der Waals surface area (Å²) < 4.78 is 0. The van der Waals surface area contributed by atoms with Gasteiger partial charge in [0.25, 0.3) is 0 Å². The second-order valence-electron chi connectivity index (χ2n) is 5.26. The number of hydrogen-bond acceptors (Lipinski definition) is 0. The molecule has 1 aliphatic rings. The third kappa shape index (κ3) is 2.25. The van der Waals surface area contributed by atoms with Gasteiger partial charge in [-0.05, 0) is 44.6 Å². The quantitative estimate of drug-likeness (QED) is 0.174. The average molecular weight is 310 g/mol. The Labute approximate surface area is 143 Å². The van der Waals surface area contributed by atoms with Gasteiger partial charge < -0.3 is 0 Å². The minimum absolute atomic E-state index is 1.14. The lowest BCUT2D eigenvalue weighted by molar-refractivity contribution is 1.50. The molecular weight excluding hydrogens is 288 g/mol. The summed E-state index contributed by atoms with van der Waals surface area (Å²) in [5.41, 5.74) is 7.68. The molecule has 0 N–H and O–H groups in total. The van der Waals surface area contributed by atoms with Crippen LogP contribution in [0.3, 0.4) is 0 Å². The predicted molar refractivity (Wildman–Crippen MR) is 108 cm³/mol. The second-order valence-corrected chi connectivity index (χ2v) is 5.26. The first-order valence-electron chi connectivity index (χ1n) is 8.81. The van der Waals surface area contributed by atoms with Gasteiger partial charge in [0.05, 0.1) is 0 Å². The van der Waals surface area contributed by atoms with Crippen LogP contribution in [0.15, 0.2) is 60.3 Å². The van der Waals surface area contributed by atoms with E-state index in [0.29, 0.717) is 0 Å². The third-order valence-corrected chi connectivity index (χ3v) is 4.24. The van der Waals surface area contributed by atoms with Gasteiger partial charge in [0, 0.05) is 10.6 Å². The minimum Gasteiger partial charge on any atom is -0.0689 e. The topological polar surface area (TPSA) is 0 Å². The highest BCUT2D eigenvalue weighted by atomic mass is 14.1. The Kier molecular flexibility index (Phi) is 4.54.